The highest BCUT2D eigenvalue weighted by atomic mass is 16.5. The topological polar surface area (TPSA) is 32.7 Å². The van der Waals surface area contributed by atoms with Crippen molar-refractivity contribution < 1.29 is 9.84 Å². The lowest BCUT2D eigenvalue weighted by Gasteiger charge is -2.32. The lowest BCUT2D eigenvalue weighted by Crippen LogP contribution is -2.43. The summed E-state index contributed by atoms with van der Waals surface area (Å²) in [7, 11) is 0. The fourth-order valence-corrected chi connectivity index (χ4v) is 2.21. The highest BCUT2D eigenvalue weighted by molar-refractivity contribution is 5.27. The van der Waals surface area contributed by atoms with Crippen molar-refractivity contribution in [1.29, 1.82) is 0 Å². The number of aryl methyl sites for hydroxylation is 1. The van der Waals surface area contributed by atoms with Crippen LogP contribution in [0.5, 0.6) is 5.75 Å². The van der Waals surface area contributed by atoms with Crippen LogP contribution in [-0.4, -0.2) is 41.3 Å². The maximum atomic E-state index is 10.1. The van der Waals surface area contributed by atoms with E-state index in [4.69, 9.17) is 4.74 Å². The molecule has 0 saturated heterocycles. The molecule has 1 aromatic carbocycles. The van der Waals surface area contributed by atoms with E-state index in [-0.39, 0.29) is 0 Å². The third-order valence-electron chi connectivity index (χ3n) is 3.18. The summed E-state index contributed by atoms with van der Waals surface area (Å²) < 4.78 is 5.63. The van der Waals surface area contributed by atoms with Gasteiger partial charge < -0.3 is 9.84 Å². The lowest BCUT2D eigenvalue weighted by atomic mass is 10.2. The van der Waals surface area contributed by atoms with Crippen LogP contribution in [0.3, 0.4) is 0 Å². The zero-order valence-electron chi connectivity index (χ0n) is 12.8. The van der Waals surface area contributed by atoms with Gasteiger partial charge in [0.2, 0.25) is 0 Å². The van der Waals surface area contributed by atoms with Crippen LogP contribution in [0.25, 0.3) is 0 Å². The Balaban J connectivity index is 2.44. The molecule has 3 heteroatoms. The van der Waals surface area contributed by atoms with E-state index in [2.05, 4.69) is 32.6 Å². The second-order valence-electron chi connectivity index (χ2n) is 5.67. The minimum Gasteiger partial charge on any atom is -0.491 e. The molecule has 19 heavy (non-hydrogen) atoms. The number of aliphatic hydroxyl groups is 1. The van der Waals surface area contributed by atoms with E-state index in [0.29, 0.717) is 25.2 Å². The summed E-state index contributed by atoms with van der Waals surface area (Å²) in [6, 6.07) is 8.74. The zero-order chi connectivity index (χ0) is 14.4. The van der Waals surface area contributed by atoms with Gasteiger partial charge in [-0.3, -0.25) is 4.90 Å². The van der Waals surface area contributed by atoms with Gasteiger partial charge in [0.1, 0.15) is 18.5 Å². The number of hydrogen-bond donors (Lipinski definition) is 1. The average molecular weight is 265 g/mol. The predicted octanol–water partition coefficient (Wildman–Crippen LogP) is 2.85. The lowest BCUT2D eigenvalue weighted by molar-refractivity contribution is 0.0445. The van der Waals surface area contributed by atoms with Crippen LogP contribution < -0.4 is 4.74 Å². The van der Waals surface area contributed by atoms with Gasteiger partial charge in [-0.2, -0.15) is 0 Å². The van der Waals surface area contributed by atoms with Gasteiger partial charge >= 0.3 is 0 Å². The van der Waals surface area contributed by atoms with Gasteiger partial charge in [-0.15, -0.1) is 0 Å². The summed E-state index contributed by atoms with van der Waals surface area (Å²) in [6.07, 6.45) is -0.467. The molecular formula is C16H27NO2. The van der Waals surface area contributed by atoms with E-state index in [1.165, 1.54) is 0 Å². The normalized spacial score (nSPS) is 13.3. The Labute approximate surface area is 117 Å². The Morgan fingerprint density at radius 1 is 1.16 bits per heavy atom. The first-order valence-electron chi connectivity index (χ1n) is 7.03. The van der Waals surface area contributed by atoms with Crippen molar-refractivity contribution in [3.8, 4) is 5.75 Å². The largest absolute Gasteiger partial charge is 0.491 e. The predicted molar refractivity (Wildman–Crippen MR) is 79.7 cm³/mol. The second-order valence-corrected chi connectivity index (χ2v) is 5.67. The van der Waals surface area contributed by atoms with Crippen molar-refractivity contribution in [3.63, 3.8) is 0 Å². The molecule has 0 bridgehead atoms. The van der Waals surface area contributed by atoms with E-state index < -0.39 is 6.10 Å². The SMILES string of the molecule is Cc1cccc(OCC(O)CN(C(C)C)C(C)C)c1. The fraction of sp³-hybridized carbons (Fsp3) is 0.625. The molecule has 108 valence electrons. The van der Waals surface area contributed by atoms with Crippen LogP contribution in [0.2, 0.25) is 0 Å². The van der Waals surface area contributed by atoms with Crippen LogP contribution >= 0.6 is 0 Å². The molecule has 0 aliphatic rings. The van der Waals surface area contributed by atoms with Crippen LogP contribution in [-0.2, 0) is 0 Å². The minimum absolute atomic E-state index is 0.333. The first kappa shape index (κ1) is 16.0. The molecule has 0 spiro atoms. The number of nitrogens with zero attached hydrogens (tertiary/aromatic N) is 1. The van der Waals surface area contributed by atoms with Crippen molar-refractivity contribution in [3.05, 3.63) is 29.8 Å². The van der Waals surface area contributed by atoms with Gasteiger partial charge in [-0.05, 0) is 52.3 Å². The molecule has 0 aromatic heterocycles. The number of rotatable bonds is 7. The number of hydrogen-bond acceptors (Lipinski definition) is 3. The zero-order valence-corrected chi connectivity index (χ0v) is 12.8. The molecular weight excluding hydrogens is 238 g/mol. The standard InChI is InChI=1S/C16H27NO2/c1-12(2)17(13(3)4)10-15(18)11-19-16-8-6-7-14(5)9-16/h6-9,12-13,15,18H,10-11H2,1-5H3. The minimum atomic E-state index is -0.467. The van der Waals surface area contributed by atoms with Crippen molar-refractivity contribution in [1.82, 2.24) is 4.90 Å². The molecule has 1 aromatic rings. The third kappa shape index (κ3) is 5.62. The molecule has 0 heterocycles. The molecule has 1 atom stereocenters. The van der Waals surface area contributed by atoms with E-state index in [0.717, 1.165) is 11.3 Å². The summed E-state index contributed by atoms with van der Waals surface area (Å²) in [5.41, 5.74) is 1.16. The summed E-state index contributed by atoms with van der Waals surface area (Å²) >= 11 is 0. The fourth-order valence-electron chi connectivity index (χ4n) is 2.21. The van der Waals surface area contributed by atoms with E-state index in [1.54, 1.807) is 0 Å². The Morgan fingerprint density at radius 2 is 1.79 bits per heavy atom. The Hall–Kier alpha value is -1.06. The molecule has 0 aliphatic carbocycles. The van der Waals surface area contributed by atoms with Crippen LogP contribution in [0.15, 0.2) is 24.3 Å². The Bertz CT molecular complexity index is 369. The number of aliphatic hydroxyl groups excluding tert-OH is 1. The highest BCUT2D eigenvalue weighted by Crippen LogP contribution is 2.13. The van der Waals surface area contributed by atoms with E-state index >= 15 is 0 Å². The van der Waals surface area contributed by atoms with Crippen molar-refractivity contribution in [2.75, 3.05) is 13.2 Å². The molecule has 1 N–H and O–H groups in total. The van der Waals surface area contributed by atoms with Gasteiger partial charge in [-0.25, -0.2) is 0 Å². The van der Waals surface area contributed by atoms with Crippen LogP contribution in [0.4, 0.5) is 0 Å². The van der Waals surface area contributed by atoms with Crippen molar-refractivity contribution in [2.45, 2.75) is 52.8 Å². The number of benzene rings is 1. The smallest absolute Gasteiger partial charge is 0.119 e. The average Bonchev–Trinajstić information content (AvgIpc) is 2.32. The van der Waals surface area contributed by atoms with Gasteiger partial charge in [-0.1, -0.05) is 12.1 Å². The monoisotopic (exact) mass is 265 g/mol. The molecule has 1 rings (SSSR count). The van der Waals surface area contributed by atoms with E-state index in [1.807, 2.05) is 31.2 Å². The summed E-state index contributed by atoms with van der Waals surface area (Å²) in [6.45, 7) is 11.6. The third-order valence-corrected chi connectivity index (χ3v) is 3.18. The van der Waals surface area contributed by atoms with E-state index in [9.17, 15) is 5.11 Å². The first-order chi connectivity index (χ1) is 8.90. The van der Waals surface area contributed by atoms with Crippen molar-refractivity contribution in [2.24, 2.45) is 0 Å². The van der Waals surface area contributed by atoms with Crippen molar-refractivity contribution >= 4 is 0 Å². The molecule has 0 fully saturated rings. The second kappa shape index (κ2) is 7.51. The van der Waals surface area contributed by atoms with Crippen LogP contribution in [0, 0.1) is 6.92 Å². The summed E-state index contributed by atoms with van der Waals surface area (Å²) in [4.78, 5) is 2.27. The number of ether oxygens (including phenoxy) is 1. The molecule has 0 aliphatic heterocycles. The molecule has 0 radical (unpaired) electrons. The molecule has 0 saturated carbocycles. The Morgan fingerprint density at radius 3 is 2.32 bits per heavy atom. The maximum Gasteiger partial charge on any atom is 0.119 e. The quantitative estimate of drug-likeness (QED) is 0.823. The molecule has 0 amide bonds. The van der Waals surface area contributed by atoms with Gasteiger partial charge in [0.25, 0.3) is 0 Å². The first-order valence-corrected chi connectivity index (χ1v) is 7.03. The maximum absolute atomic E-state index is 10.1. The summed E-state index contributed by atoms with van der Waals surface area (Å²) in [5.74, 6) is 0.819. The molecule has 1 unspecified atom stereocenters. The molecule has 3 nitrogen and oxygen atoms in total. The van der Waals surface area contributed by atoms with Gasteiger partial charge in [0, 0.05) is 18.6 Å². The summed E-state index contributed by atoms with van der Waals surface area (Å²) in [5, 5.41) is 10.1. The van der Waals surface area contributed by atoms with Gasteiger partial charge in [0.15, 0.2) is 0 Å². The highest BCUT2D eigenvalue weighted by Gasteiger charge is 2.17. The van der Waals surface area contributed by atoms with Gasteiger partial charge in [0.05, 0.1) is 0 Å². The van der Waals surface area contributed by atoms with Crippen LogP contribution in [0.1, 0.15) is 33.3 Å². The Kier molecular flexibility index (Phi) is 6.32.